The molecule has 11 heteroatoms. The summed E-state index contributed by atoms with van der Waals surface area (Å²) >= 11 is 0. The number of amides is 2. The molecule has 2 heterocycles. The van der Waals surface area contributed by atoms with E-state index in [4.69, 9.17) is 4.74 Å². The third-order valence-corrected chi connectivity index (χ3v) is 6.83. The lowest BCUT2D eigenvalue weighted by molar-refractivity contribution is 0.0641. The summed E-state index contributed by atoms with van der Waals surface area (Å²) < 4.78 is 48.9. The molecule has 0 radical (unpaired) electrons. The van der Waals surface area contributed by atoms with Crippen molar-refractivity contribution in [2.75, 3.05) is 11.7 Å². The van der Waals surface area contributed by atoms with Crippen molar-refractivity contribution in [3.63, 3.8) is 0 Å². The Labute approximate surface area is 234 Å². The molecule has 4 rings (SSSR count). The van der Waals surface area contributed by atoms with Crippen molar-refractivity contribution in [1.82, 2.24) is 14.9 Å². The smallest absolute Gasteiger partial charge is 0.278 e. The molecule has 0 aliphatic carbocycles. The lowest BCUT2D eigenvalue weighted by atomic mass is 10.1. The van der Waals surface area contributed by atoms with Crippen molar-refractivity contribution in [2.24, 2.45) is 0 Å². The summed E-state index contributed by atoms with van der Waals surface area (Å²) in [6, 6.07) is 9.12. The number of hydrogen-bond donors (Lipinski definition) is 1. The first-order valence-electron chi connectivity index (χ1n) is 12.8. The highest BCUT2D eigenvalue weighted by Gasteiger charge is 2.37. The van der Waals surface area contributed by atoms with Gasteiger partial charge in [-0.3, -0.25) is 24.1 Å². The predicted molar refractivity (Wildman–Crippen MR) is 148 cm³/mol. The first-order chi connectivity index (χ1) is 19.6. The zero-order valence-corrected chi connectivity index (χ0v) is 22.6. The van der Waals surface area contributed by atoms with Gasteiger partial charge in [0.2, 0.25) is 5.43 Å². The van der Waals surface area contributed by atoms with Crippen LogP contribution in [0.2, 0.25) is 0 Å². The topological polar surface area (TPSA) is 83.9 Å². The van der Waals surface area contributed by atoms with Crippen LogP contribution in [0.15, 0.2) is 78.8 Å². The maximum absolute atomic E-state index is 14.2. The van der Waals surface area contributed by atoms with Gasteiger partial charge in [-0.2, -0.15) is 0 Å². The fourth-order valence-corrected chi connectivity index (χ4v) is 4.32. The van der Waals surface area contributed by atoms with E-state index < -0.39 is 58.4 Å². The maximum Gasteiger partial charge on any atom is 0.278 e. The van der Waals surface area contributed by atoms with Crippen LogP contribution in [-0.2, 0) is 13.2 Å². The molecule has 0 fully saturated rings. The number of pyridine rings is 1. The van der Waals surface area contributed by atoms with Gasteiger partial charge < -0.3 is 15.0 Å². The lowest BCUT2D eigenvalue weighted by Crippen LogP contribution is -2.59. The molecule has 1 N–H and O–H groups in total. The maximum atomic E-state index is 14.2. The second-order valence-corrected chi connectivity index (χ2v) is 9.51. The minimum atomic E-state index is -1.19. The fourth-order valence-electron chi connectivity index (χ4n) is 4.32. The van der Waals surface area contributed by atoms with E-state index >= 15 is 0 Å². The van der Waals surface area contributed by atoms with Crippen molar-refractivity contribution in [1.29, 1.82) is 0 Å². The van der Waals surface area contributed by atoms with Crippen LogP contribution in [0.25, 0.3) is 0 Å². The Bertz CT molecular complexity index is 1530. The van der Waals surface area contributed by atoms with Gasteiger partial charge in [0.05, 0.1) is 6.04 Å². The molecule has 0 bridgehead atoms. The number of ether oxygens (including phenoxy) is 1. The number of benzene rings is 2. The Kier molecular flexibility index (Phi) is 8.65. The quantitative estimate of drug-likeness (QED) is 0.371. The van der Waals surface area contributed by atoms with Crippen LogP contribution in [0.4, 0.5) is 13.2 Å². The van der Waals surface area contributed by atoms with Crippen molar-refractivity contribution < 1.29 is 27.5 Å². The average molecular weight is 567 g/mol. The Balaban J connectivity index is 1.82. The Morgan fingerprint density at radius 3 is 2.29 bits per heavy atom. The average Bonchev–Trinajstić information content (AvgIpc) is 2.95. The molecule has 0 saturated carbocycles. The van der Waals surface area contributed by atoms with E-state index in [-0.39, 0.29) is 30.8 Å². The van der Waals surface area contributed by atoms with Crippen LogP contribution in [-0.4, -0.2) is 40.1 Å². The number of hydrogen-bond acceptors (Lipinski definition) is 5. The Morgan fingerprint density at radius 2 is 1.68 bits per heavy atom. The molecule has 3 aromatic rings. The van der Waals surface area contributed by atoms with Gasteiger partial charge in [-0.15, -0.1) is 13.2 Å². The van der Waals surface area contributed by atoms with Crippen LogP contribution in [0, 0.1) is 17.5 Å². The van der Waals surface area contributed by atoms with Crippen LogP contribution < -0.4 is 20.5 Å². The van der Waals surface area contributed by atoms with E-state index in [2.05, 4.69) is 18.5 Å². The van der Waals surface area contributed by atoms with Gasteiger partial charge in [-0.05, 0) is 19.4 Å². The third-order valence-electron chi connectivity index (χ3n) is 6.83. The molecule has 0 spiro atoms. The molecular formula is C30H29F3N4O4. The van der Waals surface area contributed by atoms with Gasteiger partial charge in [-0.25, -0.2) is 13.2 Å². The Morgan fingerprint density at radius 1 is 1.05 bits per heavy atom. The molecule has 1 aliphatic heterocycles. The van der Waals surface area contributed by atoms with E-state index in [1.165, 1.54) is 15.8 Å². The second-order valence-electron chi connectivity index (χ2n) is 9.51. The second kappa shape index (κ2) is 12.2. The molecule has 2 amide bonds. The van der Waals surface area contributed by atoms with Gasteiger partial charge in [0, 0.05) is 36.5 Å². The normalized spacial score (nSPS) is 14.2. The summed E-state index contributed by atoms with van der Waals surface area (Å²) in [4.78, 5) is 42.2. The van der Waals surface area contributed by atoms with Gasteiger partial charge >= 0.3 is 0 Å². The van der Waals surface area contributed by atoms with E-state index in [1.54, 1.807) is 48.4 Å². The number of nitrogens with one attached hydrogen (secondary N) is 1. The van der Waals surface area contributed by atoms with Crippen LogP contribution in [0.3, 0.4) is 0 Å². The number of fused-ring (bicyclic) bond motifs is 1. The predicted octanol–water partition coefficient (Wildman–Crippen LogP) is 4.27. The van der Waals surface area contributed by atoms with Crippen LogP contribution in [0.5, 0.6) is 5.75 Å². The molecular weight excluding hydrogens is 537 g/mol. The van der Waals surface area contributed by atoms with Crippen LogP contribution >= 0.6 is 0 Å². The summed E-state index contributed by atoms with van der Waals surface area (Å²) in [5.41, 5.74) is -1.30. The molecule has 1 aromatic heterocycles. The lowest BCUT2D eigenvalue weighted by Gasteiger charge is -2.44. The highest BCUT2D eigenvalue weighted by molar-refractivity contribution is 5.99. The summed E-state index contributed by atoms with van der Waals surface area (Å²) in [5.74, 6) is -5.35. The summed E-state index contributed by atoms with van der Waals surface area (Å²) in [7, 11) is 0. The molecule has 214 valence electrons. The SMILES string of the molecule is C=CC(C)N1CN([C@@H](C)C=C)C(=O)c2c(OCc3ccccc3)c(=O)c(C(=O)NCc3c(F)cc(F)cc3F)cn21. The van der Waals surface area contributed by atoms with Gasteiger partial charge in [0.15, 0.2) is 11.4 Å². The summed E-state index contributed by atoms with van der Waals surface area (Å²) in [5, 5.41) is 4.02. The molecule has 2 aromatic carbocycles. The number of nitrogens with zero attached hydrogens (tertiary/aromatic N) is 3. The van der Waals surface area contributed by atoms with Crippen molar-refractivity contribution >= 4 is 11.8 Å². The fraction of sp³-hybridized carbons (Fsp3) is 0.233. The number of halogens is 3. The third kappa shape index (κ3) is 5.88. The molecule has 2 atom stereocenters. The molecule has 41 heavy (non-hydrogen) atoms. The summed E-state index contributed by atoms with van der Waals surface area (Å²) in [6.07, 6.45) is 4.40. The van der Waals surface area contributed by atoms with Gasteiger partial charge in [0.1, 0.15) is 36.3 Å². The first kappa shape index (κ1) is 29.2. The standard InChI is InChI=1S/C30H29F3N4O4/c1-5-18(3)35-17-37(19(4)6-2)36-15-23(29(39)34-14-22-24(32)12-21(31)13-25(22)33)27(38)28(26(36)30(35)40)41-16-20-10-8-7-9-11-20/h5-13,15,18-19H,1-2,14,16-17H2,3-4H3,(H,34,39)/t18-,19?/m0/s1. The molecule has 0 saturated heterocycles. The zero-order valence-electron chi connectivity index (χ0n) is 22.6. The van der Waals surface area contributed by atoms with Gasteiger partial charge in [-0.1, -0.05) is 42.5 Å². The van der Waals surface area contributed by atoms with Crippen molar-refractivity contribution in [2.45, 2.75) is 39.1 Å². The summed E-state index contributed by atoms with van der Waals surface area (Å²) in [6.45, 7) is 10.5. The van der Waals surface area contributed by atoms with Crippen LogP contribution in [0.1, 0.15) is 45.8 Å². The largest absolute Gasteiger partial charge is 0.482 e. The minimum Gasteiger partial charge on any atom is -0.482 e. The van der Waals surface area contributed by atoms with Gasteiger partial charge in [0.25, 0.3) is 11.8 Å². The monoisotopic (exact) mass is 566 g/mol. The molecule has 8 nitrogen and oxygen atoms in total. The number of rotatable bonds is 10. The zero-order chi connectivity index (χ0) is 29.8. The number of carbonyl (C=O) groups excluding carboxylic acids is 2. The van der Waals surface area contributed by atoms with Crippen molar-refractivity contribution in [3.8, 4) is 5.75 Å². The molecule has 1 unspecified atom stereocenters. The van der Waals surface area contributed by atoms with E-state index in [0.717, 1.165) is 0 Å². The van der Waals surface area contributed by atoms with E-state index in [9.17, 15) is 27.6 Å². The van der Waals surface area contributed by atoms with Crippen molar-refractivity contribution in [3.05, 3.63) is 124 Å². The van der Waals surface area contributed by atoms with E-state index in [0.29, 0.717) is 17.7 Å². The number of carbonyl (C=O) groups is 2. The highest BCUT2D eigenvalue weighted by Crippen LogP contribution is 2.26. The Hall–Kier alpha value is -4.80. The van der Waals surface area contributed by atoms with E-state index in [1.807, 2.05) is 13.0 Å². The molecule has 1 aliphatic rings. The number of aromatic nitrogens is 1. The highest BCUT2D eigenvalue weighted by atomic mass is 19.1. The minimum absolute atomic E-state index is 0.0697. The first-order valence-corrected chi connectivity index (χ1v) is 12.8.